The Kier molecular flexibility index (Phi) is 2.14. The number of hydrogen-bond donors (Lipinski definition) is 1. The van der Waals surface area contributed by atoms with Crippen LogP contribution < -0.4 is 5.32 Å². The summed E-state index contributed by atoms with van der Waals surface area (Å²) in [5.74, 6) is 0. The van der Waals surface area contributed by atoms with E-state index in [4.69, 9.17) is 4.74 Å². The highest BCUT2D eigenvalue weighted by atomic mass is 16.5. The Bertz CT molecular complexity index is 122. The minimum atomic E-state index is 0.264. The van der Waals surface area contributed by atoms with Crippen molar-refractivity contribution in [3.8, 4) is 0 Å². The van der Waals surface area contributed by atoms with Gasteiger partial charge in [0.1, 0.15) is 0 Å². The predicted molar refractivity (Wildman–Crippen MR) is 44.6 cm³/mol. The second-order valence-corrected chi connectivity index (χ2v) is 3.80. The molecule has 2 nitrogen and oxygen atoms in total. The summed E-state index contributed by atoms with van der Waals surface area (Å²) in [6, 6.07) is 0. The van der Waals surface area contributed by atoms with E-state index in [0.29, 0.717) is 0 Å². The highest BCUT2D eigenvalue weighted by Gasteiger charge is 2.37. The van der Waals surface area contributed by atoms with Crippen LogP contribution >= 0.6 is 0 Å². The van der Waals surface area contributed by atoms with Gasteiger partial charge in [-0.25, -0.2) is 0 Å². The fourth-order valence-corrected chi connectivity index (χ4v) is 1.95. The van der Waals surface area contributed by atoms with E-state index in [1.807, 2.05) is 0 Å². The lowest BCUT2D eigenvalue weighted by atomic mass is 9.89. The molecule has 2 aliphatic rings. The van der Waals surface area contributed by atoms with Gasteiger partial charge in [-0.05, 0) is 12.8 Å². The topological polar surface area (TPSA) is 21.3 Å². The van der Waals surface area contributed by atoms with Crippen molar-refractivity contribution < 1.29 is 4.74 Å². The van der Waals surface area contributed by atoms with Gasteiger partial charge < -0.3 is 10.1 Å². The summed E-state index contributed by atoms with van der Waals surface area (Å²) in [5.41, 5.74) is 0.264. The quantitative estimate of drug-likeness (QED) is 0.569. The Morgan fingerprint density at radius 2 is 1.82 bits per heavy atom. The van der Waals surface area contributed by atoms with Crippen LogP contribution in [0.15, 0.2) is 0 Å². The zero-order valence-corrected chi connectivity index (χ0v) is 7.07. The van der Waals surface area contributed by atoms with Crippen molar-refractivity contribution >= 4 is 0 Å². The third kappa shape index (κ3) is 1.57. The number of rotatable bonds is 0. The van der Waals surface area contributed by atoms with Crippen LogP contribution in [0.25, 0.3) is 0 Å². The largest absolute Gasteiger partial charge is 0.372 e. The molecule has 2 aliphatic heterocycles. The summed E-state index contributed by atoms with van der Waals surface area (Å²) in [6.07, 6.45) is 6.68. The third-order valence-electron chi connectivity index (χ3n) is 2.83. The molecule has 2 rings (SSSR count). The molecule has 1 N–H and O–H groups in total. The van der Waals surface area contributed by atoms with Gasteiger partial charge in [0, 0.05) is 19.7 Å². The lowest BCUT2D eigenvalue weighted by molar-refractivity contribution is -0.0931. The van der Waals surface area contributed by atoms with E-state index in [-0.39, 0.29) is 5.60 Å². The second kappa shape index (κ2) is 3.11. The van der Waals surface area contributed by atoms with Crippen LogP contribution in [-0.2, 0) is 4.74 Å². The van der Waals surface area contributed by atoms with Crippen LogP contribution in [0.3, 0.4) is 0 Å². The molecule has 0 aliphatic carbocycles. The Morgan fingerprint density at radius 1 is 1.00 bits per heavy atom. The second-order valence-electron chi connectivity index (χ2n) is 3.80. The van der Waals surface area contributed by atoms with Crippen molar-refractivity contribution in [1.82, 2.24) is 5.32 Å². The number of nitrogens with one attached hydrogen (secondary N) is 1. The molecule has 0 radical (unpaired) electrons. The Hall–Kier alpha value is -0.0800. The molecule has 2 fully saturated rings. The van der Waals surface area contributed by atoms with Gasteiger partial charge in [0.15, 0.2) is 0 Å². The van der Waals surface area contributed by atoms with Crippen molar-refractivity contribution in [2.45, 2.75) is 37.7 Å². The first-order valence-electron chi connectivity index (χ1n) is 4.76. The van der Waals surface area contributed by atoms with Crippen LogP contribution in [0.1, 0.15) is 32.1 Å². The Morgan fingerprint density at radius 3 is 2.55 bits per heavy atom. The van der Waals surface area contributed by atoms with Crippen molar-refractivity contribution in [1.29, 1.82) is 0 Å². The molecule has 2 saturated heterocycles. The van der Waals surface area contributed by atoms with Gasteiger partial charge in [-0.1, -0.05) is 19.3 Å². The molecule has 2 heteroatoms. The van der Waals surface area contributed by atoms with Crippen LogP contribution in [0.4, 0.5) is 0 Å². The first-order chi connectivity index (χ1) is 5.41. The normalized spacial score (nSPS) is 30.5. The summed E-state index contributed by atoms with van der Waals surface area (Å²) in [4.78, 5) is 0. The number of ether oxygens (including phenoxy) is 1. The van der Waals surface area contributed by atoms with Crippen molar-refractivity contribution in [3.63, 3.8) is 0 Å². The minimum Gasteiger partial charge on any atom is -0.372 e. The van der Waals surface area contributed by atoms with Gasteiger partial charge in [0.05, 0.1) is 5.60 Å². The molecular weight excluding hydrogens is 138 g/mol. The average Bonchev–Trinajstić information content (AvgIpc) is 1.82. The van der Waals surface area contributed by atoms with Gasteiger partial charge in [0.2, 0.25) is 0 Å². The maximum atomic E-state index is 5.84. The summed E-state index contributed by atoms with van der Waals surface area (Å²) >= 11 is 0. The summed E-state index contributed by atoms with van der Waals surface area (Å²) in [5, 5.41) is 3.29. The van der Waals surface area contributed by atoms with Crippen molar-refractivity contribution in [2.75, 3.05) is 19.7 Å². The SMILES string of the molecule is C1CCCC2(CNC2)OCC1. The first kappa shape index (κ1) is 7.56. The van der Waals surface area contributed by atoms with E-state index in [0.717, 1.165) is 19.7 Å². The average molecular weight is 155 g/mol. The lowest BCUT2D eigenvalue weighted by Gasteiger charge is -2.43. The molecule has 0 aromatic carbocycles. The van der Waals surface area contributed by atoms with E-state index in [1.165, 1.54) is 32.1 Å². The Balaban J connectivity index is 1.86. The van der Waals surface area contributed by atoms with E-state index < -0.39 is 0 Å². The van der Waals surface area contributed by atoms with Gasteiger partial charge in [-0.15, -0.1) is 0 Å². The molecule has 0 amide bonds. The molecule has 1 spiro atoms. The van der Waals surface area contributed by atoms with Gasteiger partial charge >= 0.3 is 0 Å². The maximum absolute atomic E-state index is 5.84. The van der Waals surface area contributed by atoms with E-state index in [1.54, 1.807) is 0 Å². The van der Waals surface area contributed by atoms with Crippen LogP contribution in [0.2, 0.25) is 0 Å². The van der Waals surface area contributed by atoms with Gasteiger partial charge in [0.25, 0.3) is 0 Å². The molecule has 0 saturated carbocycles. The molecule has 0 unspecified atom stereocenters. The molecule has 11 heavy (non-hydrogen) atoms. The fourth-order valence-electron chi connectivity index (χ4n) is 1.95. The molecular formula is C9H17NO. The first-order valence-corrected chi connectivity index (χ1v) is 4.76. The van der Waals surface area contributed by atoms with Crippen LogP contribution in [0, 0.1) is 0 Å². The standard InChI is InChI=1S/C9H17NO/c1-2-4-6-11-9(5-3-1)7-10-8-9/h10H,1-8H2. The predicted octanol–water partition coefficient (Wildman–Crippen LogP) is 1.31. The smallest absolute Gasteiger partial charge is 0.0929 e. The molecule has 0 aromatic rings. The van der Waals surface area contributed by atoms with Gasteiger partial charge in [-0.2, -0.15) is 0 Å². The molecule has 2 heterocycles. The zero-order valence-electron chi connectivity index (χ0n) is 7.07. The molecule has 0 bridgehead atoms. The molecule has 0 atom stereocenters. The minimum absolute atomic E-state index is 0.264. The van der Waals surface area contributed by atoms with Crippen molar-refractivity contribution in [2.24, 2.45) is 0 Å². The third-order valence-corrected chi connectivity index (χ3v) is 2.83. The highest BCUT2D eigenvalue weighted by molar-refractivity contribution is 4.94. The fraction of sp³-hybridized carbons (Fsp3) is 1.00. The van der Waals surface area contributed by atoms with Crippen LogP contribution in [-0.4, -0.2) is 25.3 Å². The monoisotopic (exact) mass is 155 g/mol. The lowest BCUT2D eigenvalue weighted by Crippen LogP contribution is -2.61. The van der Waals surface area contributed by atoms with Crippen LogP contribution in [0.5, 0.6) is 0 Å². The van der Waals surface area contributed by atoms with E-state index >= 15 is 0 Å². The molecule has 0 aromatic heterocycles. The zero-order chi connectivity index (χ0) is 7.57. The van der Waals surface area contributed by atoms with E-state index in [9.17, 15) is 0 Å². The maximum Gasteiger partial charge on any atom is 0.0929 e. The summed E-state index contributed by atoms with van der Waals surface area (Å²) < 4.78 is 5.84. The Labute approximate surface area is 68.3 Å². The number of hydrogen-bond acceptors (Lipinski definition) is 2. The van der Waals surface area contributed by atoms with Gasteiger partial charge in [-0.3, -0.25) is 0 Å². The highest BCUT2D eigenvalue weighted by Crippen LogP contribution is 2.26. The van der Waals surface area contributed by atoms with E-state index in [2.05, 4.69) is 5.32 Å². The summed E-state index contributed by atoms with van der Waals surface area (Å²) in [6.45, 7) is 3.17. The summed E-state index contributed by atoms with van der Waals surface area (Å²) in [7, 11) is 0. The van der Waals surface area contributed by atoms with Crippen molar-refractivity contribution in [3.05, 3.63) is 0 Å². The molecule has 64 valence electrons.